The van der Waals surface area contributed by atoms with Crippen molar-refractivity contribution in [2.24, 2.45) is 0 Å². The molecule has 2 amide bonds. The molecule has 2 saturated heterocycles. The Morgan fingerprint density at radius 2 is 1.81 bits per heavy atom. The Morgan fingerprint density at radius 3 is 2.49 bits per heavy atom. The summed E-state index contributed by atoms with van der Waals surface area (Å²) in [6.45, 7) is 1.19. The number of nitrogens with one attached hydrogen (secondary N) is 2. The Balaban J connectivity index is 1.12. The first-order valence-corrected chi connectivity index (χ1v) is 14.0. The zero-order valence-corrected chi connectivity index (χ0v) is 23.4. The Kier molecular flexibility index (Phi) is 7.91. The van der Waals surface area contributed by atoms with Gasteiger partial charge in [-0.3, -0.25) is 14.0 Å². The summed E-state index contributed by atoms with van der Waals surface area (Å²) in [5.41, 5.74) is 4.19. The Hall–Kier alpha value is -4.62. The number of aryl methyl sites for hydroxylation is 1. The monoisotopic (exact) mass is 591 g/mol. The minimum Gasteiger partial charge on any atom is -0.435 e. The molecular weight excluding hydrogens is 560 g/mol. The second-order valence-corrected chi connectivity index (χ2v) is 10.6. The summed E-state index contributed by atoms with van der Waals surface area (Å²) in [6.07, 6.45) is 4.99. The number of hydrogen-bond acceptors (Lipinski definition) is 8. The molecule has 0 spiro atoms. The maximum Gasteiger partial charge on any atom is 0.387 e. The standard InChI is InChI=1S/C30H31F2N7O4/c1-18-14-20(4-7-23(18)28(41)37-10-12-38(13-11-37)29(42)24-15-21(40)16-34-24)36-26-27-35-17-25(39(27)9-8-33-26)19-2-5-22(6-3-19)43-30(31)32/h2-9,14,17,21,24,30,34,40H,10-13,15-16H2,1H3,(H,33,36)/t21-,24?/m1/s1. The summed E-state index contributed by atoms with van der Waals surface area (Å²) in [6, 6.07) is 11.4. The van der Waals surface area contributed by atoms with Crippen molar-refractivity contribution in [2.75, 3.05) is 38.0 Å². The maximum atomic E-state index is 13.3. The van der Waals surface area contributed by atoms with Crippen molar-refractivity contribution in [3.8, 4) is 17.0 Å². The van der Waals surface area contributed by atoms with Gasteiger partial charge in [0.05, 0.1) is 24.0 Å². The van der Waals surface area contributed by atoms with Crippen molar-refractivity contribution in [3.05, 3.63) is 72.2 Å². The van der Waals surface area contributed by atoms with E-state index in [4.69, 9.17) is 0 Å². The third-order valence-electron chi connectivity index (χ3n) is 7.81. The second-order valence-electron chi connectivity index (χ2n) is 10.6. The second kappa shape index (κ2) is 11.9. The van der Waals surface area contributed by atoms with Crippen molar-refractivity contribution in [3.63, 3.8) is 0 Å². The lowest BCUT2D eigenvalue weighted by atomic mass is 10.1. The summed E-state index contributed by atoms with van der Waals surface area (Å²) in [4.78, 5) is 38.6. The molecule has 2 aliphatic rings. The van der Waals surface area contributed by atoms with E-state index in [0.717, 1.165) is 22.5 Å². The Labute approximate surface area is 246 Å². The van der Waals surface area contributed by atoms with E-state index in [2.05, 4.69) is 25.3 Å². The molecule has 2 fully saturated rings. The number of piperazine rings is 1. The molecule has 0 bridgehead atoms. The van der Waals surface area contributed by atoms with E-state index in [9.17, 15) is 23.5 Å². The number of nitrogens with zero attached hydrogens (tertiary/aromatic N) is 5. The van der Waals surface area contributed by atoms with Gasteiger partial charge in [-0.15, -0.1) is 0 Å². The molecule has 224 valence electrons. The molecule has 0 aliphatic carbocycles. The number of carbonyl (C=O) groups excluding carboxylic acids is 2. The van der Waals surface area contributed by atoms with Crippen LogP contribution >= 0.6 is 0 Å². The van der Waals surface area contributed by atoms with Crippen molar-refractivity contribution in [2.45, 2.75) is 32.1 Å². The number of anilines is 2. The largest absolute Gasteiger partial charge is 0.435 e. The zero-order valence-electron chi connectivity index (χ0n) is 23.4. The minimum absolute atomic E-state index is 0.0270. The molecule has 2 atom stereocenters. The number of ether oxygens (including phenoxy) is 1. The van der Waals surface area contributed by atoms with Gasteiger partial charge in [-0.2, -0.15) is 8.78 Å². The Morgan fingerprint density at radius 1 is 1.07 bits per heavy atom. The molecule has 11 nitrogen and oxygen atoms in total. The van der Waals surface area contributed by atoms with E-state index in [0.29, 0.717) is 56.2 Å². The van der Waals surface area contributed by atoms with Crippen LogP contribution in [0, 0.1) is 6.92 Å². The SMILES string of the molecule is Cc1cc(Nc2nccn3c(-c4ccc(OC(F)F)cc4)cnc23)ccc1C(=O)N1CCN(C(=O)C2C[C@@H](O)CN2)CC1. The van der Waals surface area contributed by atoms with Gasteiger partial charge in [-0.25, -0.2) is 9.97 Å². The van der Waals surface area contributed by atoms with Crippen LogP contribution < -0.4 is 15.4 Å². The number of fused-ring (bicyclic) bond motifs is 1. The number of hydrogen-bond donors (Lipinski definition) is 3. The van der Waals surface area contributed by atoms with E-state index >= 15 is 0 Å². The van der Waals surface area contributed by atoms with Crippen LogP contribution in [0.3, 0.4) is 0 Å². The quantitative estimate of drug-likeness (QED) is 0.300. The van der Waals surface area contributed by atoms with Gasteiger partial charge in [0.2, 0.25) is 5.91 Å². The average Bonchev–Trinajstić information content (AvgIpc) is 3.64. The Bertz CT molecular complexity index is 1640. The first-order chi connectivity index (χ1) is 20.8. The van der Waals surface area contributed by atoms with Gasteiger partial charge in [-0.1, -0.05) is 0 Å². The number of carbonyl (C=O) groups is 2. The van der Waals surface area contributed by atoms with Crippen LogP contribution in [0.4, 0.5) is 20.3 Å². The number of aliphatic hydroxyl groups excluding tert-OH is 1. The number of aliphatic hydroxyl groups is 1. The summed E-state index contributed by atoms with van der Waals surface area (Å²) < 4.78 is 31.3. The molecule has 2 aromatic carbocycles. The number of imidazole rings is 1. The van der Waals surface area contributed by atoms with E-state index in [1.807, 2.05) is 23.5 Å². The molecule has 1 unspecified atom stereocenters. The molecule has 0 radical (unpaired) electrons. The first-order valence-electron chi connectivity index (χ1n) is 14.0. The highest BCUT2D eigenvalue weighted by Gasteiger charge is 2.33. The summed E-state index contributed by atoms with van der Waals surface area (Å²) in [7, 11) is 0. The zero-order chi connectivity index (χ0) is 30.1. The van der Waals surface area contributed by atoms with Crippen molar-refractivity contribution < 1.29 is 28.2 Å². The van der Waals surface area contributed by atoms with Crippen LogP contribution in [0.5, 0.6) is 5.75 Å². The van der Waals surface area contributed by atoms with Crippen LogP contribution in [0.2, 0.25) is 0 Å². The summed E-state index contributed by atoms with van der Waals surface area (Å²) in [5.74, 6) is 0.467. The molecule has 0 saturated carbocycles. The molecule has 43 heavy (non-hydrogen) atoms. The van der Waals surface area contributed by atoms with Gasteiger partial charge in [-0.05, 0) is 61.4 Å². The summed E-state index contributed by atoms with van der Waals surface area (Å²) in [5, 5.41) is 16.1. The number of rotatable bonds is 7. The van der Waals surface area contributed by atoms with E-state index in [1.54, 1.807) is 46.6 Å². The summed E-state index contributed by atoms with van der Waals surface area (Å²) >= 11 is 0. The highest BCUT2D eigenvalue weighted by molar-refractivity contribution is 5.96. The average molecular weight is 592 g/mol. The molecule has 6 rings (SSSR count). The highest BCUT2D eigenvalue weighted by Crippen LogP contribution is 2.28. The lowest BCUT2D eigenvalue weighted by molar-refractivity contribution is -0.134. The van der Waals surface area contributed by atoms with E-state index < -0.39 is 12.7 Å². The number of aromatic nitrogens is 3. The van der Waals surface area contributed by atoms with Gasteiger partial charge in [0.1, 0.15) is 5.75 Å². The molecule has 3 N–H and O–H groups in total. The molecule has 2 aliphatic heterocycles. The van der Waals surface area contributed by atoms with Gasteiger partial charge in [0.25, 0.3) is 5.91 Å². The first kappa shape index (κ1) is 28.5. The van der Waals surface area contributed by atoms with Gasteiger partial charge >= 0.3 is 6.61 Å². The fraction of sp³-hybridized carbons (Fsp3) is 0.333. The molecular formula is C30H31F2N7O4. The number of β-amino-alcohol motifs (C(OH)–C–C–N with tert-alkyl or cyclic N) is 1. The van der Waals surface area contributed by atoms with E-state index in [1.165, 1.54) is 12.1 Å². The molecule has 13 heteroatoms. The van der Waals surface area contributed by atoms with E-state index in [-0.39, 0.29) is 23.6 Å². The number of alkyl halides is 2. The maximum absolute atomic E-state index is 13.3. The molecule has 4 heterocycles. The lowest BCUT2D eigenvalue weighted by Crippen LogP contribution is -2.54. The van der Waals surface area contributed by atoms with Gasteiger partial charge in [0.15, 0.2) is 11.5 Å². The third kappa shape index (κ3) is 5.99. The topological polar surface area (TPSA) is 124 Å². The van der Waals surface area contributed by atoms with Crippen LogP contribution in [-0.4, -0.2) is 92.6 Å². The smallest absolute Gasteiger partial charge is 0.387 e. The predicted molar refractivity (Wildman–Crippen MR) is 154 cm³/mol. The van der Waals surface area contributed by atoms with Crippen LogP contribution in [0.15, 0.2) is 61.1 Å². The van der Waals surface area contributed by atoms with Gasteiger partial charge in [0, 0.05) is 61.9 Å². The fourth-order valence-electron chi connectivity index (χ4n) is 5.57. The number of amides is 2. The number of halogens is 2. The lowest BCUT2D eigenvalue weighted by Gasteiger charge is -2.36. The molecule has 4 aromatic rings. The highest BCUT2D eigenvalue weighted by atomic mass is 19.3. The van der Waals surface area contributed by atoms with Crippen LogP contribution in [-0.2, 0) is 4.79 Å². The van der Waals surface area contributed by atoms with Crippen LogP contribution in [0.1, 0.15) is 22.3 Å². The van der Waals surface area contributed by atoms with Crippen molar-refractivity contribution in [1.82, 2.24) is 29.5 Å². The van der Waals surface area contributed by atoms with Crippen molar-refractivity contribution in [1.29, 1.82) is 0 Å². The minimum atomic E-state index is -2.89. The van der Waals surface area contributed by atoms with Crippen LogP contribution in [0.25, 0.3) is 16.9 Å². The molecule has 2 aromatic heterocycles. The normalized spacial score (nSPS) is 18.8. The number of benzene rings is 2. The predicted octanol–water partition coefficient (Wildman–Crippen LogP) is 3.06. The van der Waals surface area contributed by atoms with Crippen molar-refractivity contribution >= 4 is 29.0 Å². The fourth-order valence-corrected chi connectivity index (χ4v) is 5.57. The third-order valence-corrected chi connectivity index (χ3v) is 7.81. The van der Waals surface area contributed by atoms with Gasteiger partial charge < -0.3 is 30.3 Å².